The highest BCUT2D eigenvalue weighted by atomic mass is 15.2. The Hall–Kier alpha value is -2.11. The van der Waals surface area contributed by atoms with E-state index in [1.807, 2.05) is 6.92 Å². The van der Waals surface area contributed by atoms with Crippen molar-refractivity contribution in [2.45, 2.75) is 13.8 Å². The van der Waals surface area contributed by atoms with Crippen LogP contribution in [-0.2, 0) is 0 Å². The van der Waals surface area contributed by atoms with Gasteiger partial charge >= 0.3 is 0 Å². The van der Waals surface area contributed by atoms with Crippen LogP contribution in [0.1, 0.15) is 13.8 Å². The predicted molar refractivity (Wildman–Crippen MR) is 68.8 cm³/mol. The van der Waals surface area contributed by atoms with Crippen molar-refractivity contribution in [2.24, 2.45) is 0 Å². The third-order valence-corrected chi connectivity index (χ3v) is 2.43. The Balaban J connectivity index is 2.51. The van der Waals surface area contributed by atoms with Gasteiger partial charge in [0.25, 0.3) is 0 Å². The largest absolute Gasteiger partial charge is 0.368 e. The number of likely N-dealkylation sites (N-methyl/N-ethyl adjacent to an activating group) is 1. The van der Waals surface area contributed by atoms with Crippen LogP contribution < -0.4 is 10.6 Å². The van der Waals surface area contributed by atoms with Crippen LogP contribution in [0.5, 0.6) is 0 Å². The molecular formula is C11H16N6. The zero-order valence-corrected chi connectivity index (χ0v) is 10.1. The fraction of sp³-hybridized carbons (Fsp3) is 0.364. The standard InChI is InChI=1S/C11H16N6/c1-4-17(5-7(2)3)10-8-9(14-6-13-8)15-11(12)16-10/h6H,2,4-5H2,1,3H3,(H3,12,13,14,15,16). The van der Waals surface area contributed by atoms with Crippen LogP contribution in [0, 0.1) is 0 Å². The Labute approximate surface area is 99.6 Å². The maximum absolute atomic E-state index is 5.68. The van der Waals surface area contributed by atoms with Crippen LogP contribution in [0.2, 0.25) is 0 Å². The summed E-state index contributed by atoms with van der Waals surface area (Å²) in [7, 11) is 0. The van der Waals surface area contributed by atoms with E-state index in [2.05, 4.69) is 38.3 Å². The average molecular weight is 232 g/mol. The van der Waals surface area contributed by atoms with Gasteiger partial charge in [0, 0.05) is 13.1 Å². The van der Waals surface area contributed by atoms with Gasteiger partial charge in [-0.2, -0.15) is 9.97 Å². The summed E-state index contributed by atoms with van der Waals surface area (Å²) >= 11 is 0. The molecule has 17 heavy (non-hydrogen) atoms. The number of nitrogens with two attached hydrogens (primary N) is 1. The van der Waals surface area contributed by atoms with E-state index in [9.17, 15) is 0 Å². The molecule has 0 amide bonds. The van der Waals surface area contributed by atoms with E-state index in [0.29, 0.717) is 5.65 Å². The Morgan fingerprint density at radius 1 is 1.53 bits per heavy atom. The number of H-pyrrole nitrogens is 1. The van der Waals surface area contributed by atoms with Gasteiger partial charge in [0.15, 0.2) is 11.5 Å². The van der Waals surface area contributed by atoms with Crippen LogP contribution in [0.15, 0.2) is 18.5 Å². The summed E-state index contributed by atoms with van der Waals surface area (Å²) in [6.45, 7) is 9.51. The highest BCUT2D eigenvalue weighted by Crippen LogP contribution is 2.22. The van der Waals surface area contributed by atoms with Gasteiger partial charge < -0.3 is 15.6 Å². The first-order valence-corrected chi connectivity index (χ1v) is 5.47. The minimum absolute atomic E-state index is 0.236. The van der Waals surface area contributed by atoms with Crippen molar-refractivity contribution in [3.05, 3.63) is 18.5 Å². The van der Waals surface area contributed by atoms with Crippen molar-refractivity contribution in [1.82, 2.24) is 19.9 Å². The van der Waals surface area contributed by atoms with Crippen molar-refractivity contribution >= 4 is 22.9 Å². The number of imidazole rings is 1. The molecule has 2 aromatic heterocycles. The first-order valence-electron chi connectivity index (χ1n) is 5.47. The van der Waals surface area contributed by atoms with Gasteiger partial charge in [0.2, 0.25) is 5.95 Å². The smallest absolute Gasteiger partial charge is 0.224 e. The van der Waals surface area contributed by atoms with E-state index in [4.69, 9.17) is 5.73 Å². The van der Waals surface area contributed by atoms with E-state index in [-0.39, 0.29) is 5.95 Å². The quantitative estimate of drug-likeness (QED) is 0.777. The maximum Gasteiger partial charge on any atom is 0.224 e. The molecule has 0 aliphatic heterocycles. The van der Waals surface area contributed by atoms with E-state index >= 15 is 0 Å². The Morgan fingerprint density at radius 2 is 2.29 bits per heavy atom. The van der Waals surface area contributed by atoms with Crippen molar-refractivity contribution in [2.75, 3.05) is 23.7 Å². The first-order chi connectivity index (χ1) is 8.11. The second-order valence-corrected chi connectivity index (χ2v) is 3.98. The molecule has 0 unspecified atom stereocenters. The summed E-state index contributed by atoms with van der Waals surface area (Å²) in [6.07, 6.45) is 1.59. The molecule has 0 aliphatic rings. The molecule has 90 valence electrons. The molecule has 0 radical (unpaired) electrons. The number of hydrogen-bond acceptors (Lipinski definition) is 5. The minimum atomic E-state index is 0.236. The number of nitrogens with one attached hydrogen (secondary N) is 1. The molecule has 3 N–H and O–H groups in total. The number of nitrogen functional groups attached to an aromatic ring is 1. The highest BCUT2D eigenvalue weighted by molar-refractivity contribution is 5.84. The molecule has 0 spiro atoms. The number of hydrogen-bond donors (Lipinski definition) is 2. The van der Waals surface area contributed by atoms with Gasteiger partial charge in [-0.3, -0.25) is 0 Å². The number of anilines is 2. The molecule has 0 fully saturated rings. The molecular weight excluding hydrogens is 216 g/mol. The molecule has 0 saturated carbocycles. The summed E-state index contributed by atoms with van der Waals surface area (Å²) < 4.78 is 0. The lowest BCUT2D eigenvalue weighted by molar-refractivity contribution is 0.862. The van der Waals surface area contributed by atoms with Gasteiger partial charge in [0.05, 0.1) is 6.33 Å². The van der Waals surface area contributed by atoms with Crippen LogP contribution in [0.4, 0.5) is 11.8 Å². The van der Waals surface area contributed by atoms with Crippen molar-refractivity contribution in [1.29, 1.82) is 0 Å². The van der Waals surface area contributed by atoms with Gasteiger partial charge in [-0.1, -0.05) is 12.2 Å². The molecule has 0 aromatic carbocycles. The summed E-state index contributed by atoms with van der Waals surface area (Å²) in [6, 6.07) is 0. The second kappa shape index (κ2) is 4.40. The van der Waals surface area contributed by atoms with E-state index in [1.54, 1.807) is 6.33 Å². The molecule has 2 rings (SSSR count). The topological polar surface area (TPSA) is 83.7 Å². The molecule has 2 heterocycles. The molecule has 0 saturated heterocycles. The Kier molecular flexibility index (Phi) is 2.95. The minimum Gasteiger partial charge on any atom is -0.368 e. The summed E-state index contributed by atoms with van der Waals surface area (Å²) in [5, 5.41) is 0. The molecule has 2 aromatic rings. The molecule has 0 aliphatic carbocycles. The Morgan fingerprint density at radius 3 is 2.94 bits per heavy atom. The van der Waals surface area contributed by atoms with E-state index < -0.39 is 0 Å². The summed E-state index contributed by atoms with van der Waals surface area (Å²) in [5.74, 6) is 1.01. The number of fused-ring (bicyclic) bond motifs is 1. The van der Waals surface area contributed by atoms with Gasteiger partial charge in [-0.15, -0.1) is 0 Å². The van der Waals surface area contributed by atoms with Gasteiger partial charge in [0.1, 0.15) is 5.52 Å². The lowest BCUT2D eigenvalue weighted by atomic mass is 10.3. The fourth-order valence-corrected chi connectivity index (χ4v) is 1.73. The van der Waals surface area contributed by atoms with Crippen molar-refractivity contribution in [3.63, 3.8) is 0 Å². The van der Waals surface area contributed by atoms with E-state index in [1.165, 1.54) is 0 Å². The number of rotatable bonds is 4. The zero-order chi connectivity index (χ0) is 12.4. The molecule has 6 nitrogen and oxygen atoms in total. The first kappa shape index (κ1) is 11.4. The molecule has 6 heteroatoms. The van der Waals surface area contributed by atoms with Gasteiger partial charge in [-0.05, 0) is 13.8 Å². The molecule has 0 bridgehead atoms. The second-order valence-electron chi connectivity index (χ2n) is 3.98. The predicted octanol–water partition coefficient (Wildman–Crippen LogP) is 1.34. The van der Waals surface area contributed by atoms with Gasteiger partial charge in [-0.25, -0.2) is 4.98 Å². The monoisotopic (exact) mass is 232 g/mol. The van der Waals surface area contributed by atoms with Crippen LogP contribution in [0.3, 0.4) is 0 Å². The fourth-order valence-electron chi connectivity index (χ4n) is 1.73. The summed E-state index contributed by atoms with van der Waals surface area (Å²) in [4.78, 5) is 17.6. The normalized spacial score (nSPS) is 10.7. The number of aromatic nitrogens is 4. The average Bonchev–Trinajstić information content (AvgIpc) is 2.72. The number of nitrogens with zero attached hydrogens (tertiary/aromatic N) is 4. The summed E-state index contributed by atoms with van der Waals surface area (Å²) in [5.41, 5.74) is 8.15. The highest BCUT2D eigenvalue weighted by Gasteiger charge is 2.14. The third-order valence-electron chi connectivity index (χ3n) is 2.43. The maximum atomic E-state index is 5.68. The number of aromatic amines is 1. The van der Waals surface area contributed by atoms with Crippen LogP contribution in [-0.4, -0.2) is 33.0 Å². The van der Waals surface area contributed by atoms with Crippen molar-refractivity contribution in [3.8, 4) is 0 Å². The zero-order valence-electron chi connectivity index (χ0n) is 10.1. The lowest BCUT2D eigenvalue weighted by Gasteiger charge is -2.22. The van der Waals surface area contributed by atoms with Crippen LogP contribution >= 0.6 is 0 Å². The van der Waals surface area contributed by atoms with E-state index in [0.717, 1.165) is 30.0 Å². The molecule has 0 atom stereocenters. The van der Waals surface area contributed by atoms with Crippen molar-refractivity contribution < 1.29 is 0 Å². The van der Waals surface area contributed by atoms with Crippen LogP contribution in [0.25, 0.3) is 11.2 Å². The third kappa shape index (κ3) is 2.20. The lowest BCUT2D eigenvalue weighted by Crippen LogP contribution is -2.26. The Bertz CT molecular complexity index is 544. The SMILES string of the molecule is C=C(C)CN(CC)c1nc(N)nc2nc[nH]c12.